The number of benzene rings is 3. The van der Waals surface area contributed by atoms with Crippen molar-refractivity contribution in [3.05, 3.63) is 108 Å². The lowest BCUT2D eigenvalue weighted by atomic mass is 9.96. The largest absolute Gasteiger partial charge is 0.453 e. The number of nitrogens with one attached hydrogen (secondary N) is 3. The van der Waals surface area contributed by atoms with Crippen LogP contribution in [0.1, 0.15) is 75.2 Å². The van der Waals surface area contributed by atoms with Gasteiger partial charge in [0.15, 0.2) is 0 Å². The third-order valence-corrected chi connectivity index (χ3v) is 11.6. The first-order valence-electron chi connectivity index (χ1n) is 19.6. The highest BCUT2D eigenvalue weighted by Crippen LogP contribution is 2.45. The predicted octanol–water partition coefficient (Wildman–Crippen LogP) is 7.24. The highest BCUT2D eigenvalue weighted by molar-refractivity contribution is 5.86. The molecular formula is C44H49N7O5. The zero-order chi connectivity index (χ0) is 38.8. The quantitative estimate of drug-likeness (QED) is 0.136. The Morgan fingerprint density at radius 2 is 1.45 bits per heavy atom. The Labute approximate surface area is 327 Å². The molecule has 290 valence electrons. The number of methoxy groups -OCH3 is 1. The van der Waals surface area contributed by atoms with Crippen LogP contribution >= 0.6 is 0 Å². The van der Waals surface area contributed by atoms with E-state index < -0.39 is 12.1 Å². The smallest absolute Gasteiger partial charge is 0.407 e. The lowest BCUT2D eigenvalue weighted by Gasteiger charge is -2.30. The van der Waals surface area contributed by atoms with Gasteiger partial charge < -0.3 is 34.6 Å². The molecule has 56 heavy (non-hydrogen) atoms. The van der Waals surface area contributed by atoms with Crippen molar-refractivity contribution in [2.24, 2.45) is 5.92 Å². The molecule has 4 atom stereocenters. The van der Waals surface area contributed by atoms with E-state index in [1.165, 1.54) is 7.11 Å². The molecule has 12 heteroatoms. The SMILES string of the molecule is COC(=O)N[C@H](C(=O)N1CCC[C@H]1c1ncc(-c2ccc(-c3ccc(-c4cnc([C@@H]5C[C@@]6(CCCO6)CN5C(=O)Cc5ccccc5)[nH]4)cc3)cc2)[nH]1)C(C)C. The molecule has 3 fully saturated rings. The third-order valence-electron chi connectivity index (χ3n) is 11.6. The fourth-order valence-corrected chi connectivity index (χ4v) is 8.55. The van der Waals surface area contributed by atoms with E-state index in [-0.39, 0.29) is 35.4 Å². The Morgan fingerprint density at radius 1 is 0.839 bits per heavy atom. The lowest BCUT2D eigenvalue weighted by molar-refractivity contribution is -0.135. The zero-order valence-electron chi connectivity index (χ0n) is 32.2. The Kier molecular flexibility index (Phi) is 10.5. The average Bonchev–Trinajstić information content (AvgIpc) is 4.08. The number of ether oxygens (including phenoxy) is 2. The second kappa shape index (κ2) is 15.8. The molecular weight excluding hydrogens is 707 g/mol. The van der Waals surface area contributed by atoms with Crippen LogP contribution in [0, 0.1) is 5.92 Å². The molecule has 3 saturated heterocycles. The molecule has 1 spiro atoms. The van der Waals surface area contributed by atoms with Crippen molar-refractivity contribution in [2.75, 3.05) is 26.8 Å². The monoisotopic (exact) mass is 755 g/mol. The number of H-pyrrole nitrogens is 2. The van der Waals surface area contributed by atoms with E-state index in [0.717, 1.165) is 89.6 Å². The van der Waals surface area contributed by atoms with E-state index in [4.69, 9.17) is 14.5 Å². The summed E-state index contributed by atoms with van der Waals surface area (Å²) < 4.78 is 11.0. The van der Waals surface area contributed by atoms with E-state index in [9.17, 15) is 14.4 Å². The number of rotatable bonds is 10. The third kappa shape index (κ3) is 7.58. The van der Waals surface area contributed by atoms with Crippen LogP contribution in [0.25, 0.3) is 33.6 Å². The van der Waals surface area contributed by atoms with Crippen LogP contribution in [0.2, 0.25) is 0 Å². The number of hydrogen-bond donors (Lipinski definition) is 3. The molecule has 12 nitrogen and oxygen atoms in total. The molecule has 0 unspecified atom stereocenters. The van der Waals surface area contributed by atoms with Crippen LogP contribution in [-0.4, -0.2) is 86.1 Å². The van der Waals surface area contributed by atoms with Crippen LogP contribution in [-0.2, 0) is 25.5 Å². The van der Waals surface area contributed by atoms with Crippen LogP contribution in [0.3, 0.4) is 0 Å². The van der Waals surface area contributed by atoms with Gasteiger partial charge in [-0.1, -0.05) is 92.7 Å². The van der Waals surface area contributed by atoms with Crippen molar-refractivity contribution in [2.45, 2.75) is 76.1 Å². The molecule has 5 heterocycles. The van der Waals surface area contributed by atoms with Gasteiger partial charge in [-0.15, -0.1) is 0 Å². The summed E-state index contributed by atoms with van der Waals surface area (Å²) in [5.74, 6) is 1.39. The first-order chi connectivity index (χ1) is 27.2. The highest BCUT2D eigenvalue weighted by Gasteiger charge is 2.50. The molecule has 3 amide bonds. The van der Waals surface area contributed by atoms with E-state index in [2.05, 4.69) is 68.8 Å². The van der Waals surface area contributed by atoms with Crippen LogP contribution < -0.4 is 5.32 Å². The number of aromatic nitrogens is 4. The number of aromatic amines is 2. The summed E-state index contributed by atoms with van der Waals surface area (Å²) in [4.78, 5) is 59.4. The predicted molar refractivity (Wildman–Crippen MR) is 212 cm³/mol. The van der Waals surface area contributed by atoms with Gasteiger partial charge in [0.1, 0.15) is 17.7 Å². The zero-order valence-corrected chi connectivity index (χ0v) is 32.2. The number of nitrogens with zero attached hydrogens (tertiary/aromatic N) is 4. The molecule has 2 aromatic heterocycles. The lowest BCUT2D eigenvalue weighted by Crippen LogP contribution is -2.51. The molecule has 3 aliphatic rings. The minimum absolute atomic E-state index is 0.0912. The molecule has 3 aliphatic heterocycles. The van der Waals surface area contributed by atoms with Crippen molar-refractivity contribution in [1.29, 1.82) is 0 Å². The normalized spacial score (nSPS) is 21.2. The Bertz CT molecular complexity index is 2160. The van der Waals surface area contributed by atoms with Gasteiger partial charge >= 0.3 is 6.09 Å². The van der Waals surface area contributed by atoms with Gasteiger partial charge in [-0.3, -0.25) is 9.59 Å². The summed E-state index contributed by atoms with van der Waals surface area (Å²) in [7, 11) is 1.30. The van der Waals surface area contributed by atoms with Crippen LogP contribution in [0.4, 0.5) is 4.79 Å². The maximum atomic E-state index is 13.6. The number of imidazole rings is 2. The molecule has 0 saturated carbocycles. The van der Waals surface area contributed by atoms with Crippen LogP contribution in [0.15, 0.2) is 91.3 Å². The number of hydrogen-bond acceptors (Lipinski definition) is 7. The number of carbonyl (C=O) groups is 3. The Hall–Kier alpha value is -5.75. The second-order valence-corrected chi connectivity index (χ2v) is 15.6. The number of carbonyl (C=O) groups excluding carboxylic acids is 3. The van der Waals surface area contributed by atoms with Crippen molar-refractivity contribution in [3.63, 3.8) is 0 Å². The highest BCUT2D eigenvalue weighted by atomic mass is 16.5. The molecule has 3 N–H and O–H groups in total. The minimum Gasteiger partial charge on any atom is -0.453 e. The van der Waals surface area contributed by atoms with E-state index in [0.29, 0.717) is 19.5 Å². The van der Waals surface area contributed by atoms with Crippen molar-refractivity contribution >= 4 is 17.9 Å². The van der Waals surface area contributed by atoms with Crippen molar-refractivity contribution in [1.82, 2.24) is 35.1 Å². The number of alkyl carbamates (subject to hydrolysis) is 1. The summed E-state index contributed by atoms with van der Waals surface area (Å²) in [5, 5.41) is 2.70. The van der Waals surface area contributed by atoms with Gasteiger partial charge in [0, 0.05) is 19.6 Å². The molecule has 0 aliphatic carbocycles. The first-order valence-corrected chi connectivity index (χ1v) is 19.6. The van der Waals surface area contributed by atoms with Gasteiger partial charge in [-0.05, 0) is 59.4 Å². The summed E-state index contributed by atoms with van der Waals surface area (Å²) >= 11 is 0. The average molecular weight is 756 g/mol. The Morgan fingerprint density at radius 3 is 2.02 bits per heavy atom. The molecule has 5 aromatic rings. The fraction of sp³-hybridized carbons (Fsp3) is 0.386. The van der Waals surface area contributed by atoms with Crippen LogP contribution in [0.5, 0.6) is 0 Å². The maximum Gasteiger partial charge on any atom is 0.407 e. The summed E-state index contributed by atoms with van der Waals surface area (Å²) in [5.41, 5.74) is 6.65. The molecule has 0 bridgehead atoms. The first kappa shape index (κ1) is 37.2. The summed E-state index contributed by atoms with van der Waals surface area (Å²) in [6.45, 7) is 5.74. The topological polar surface area (TPSA) is 146 Å². The molecule has 3 aromatic carbocycles. The second-order valence-electron chi connectivity index (χ2n) is 15.6. The number of amides is 3. The van der Waals surface area contributed by atoms with Gasteiger partial charge in [0.2, 0.25) is 11.8 Å². The Balaban J connectivity index is 0.935. The van der Waals surface area contributed by atoms with Crippen molar-refractivity contribution < 1.29 is 23.9 Å². The van der Waals surface area contributed by atoms with Gasteiger partial charge in [0.25, 0.3) is 0 Å². The standard InChI is InChI=1S/C44H49N7O5/c1-28(2)39(49-43(54)55-3)42(53)50-21-7-11-36(50)40-45-25-34(47-40)32-16-12-30(13-17-32)31-14-18-33(19-15-31)35-26-46-41(48-35)37-24-44(20-8-22-56-44)27-51(37)38(52)23-29-9-5-4-6-10-29/h4-6,9-10,12-19,25-26,28,36-37,39H,7-8,11,20-24,27H2,1-3H3,(H,45,47)(H,46,48)(H,49,54)/t36-,37-,39-,44-/m0/s1. The summed E-state index contributed by atoms with van der Waals surface area (Å²) in [6, 6.07) is 25.6. The molecule has 8 rings (SSSR count). The van der Waals surface area contributed by atoms with Crippen molar-refractivity contribution in [3.8, 4) is 33.6 Å². The van der Waals surface area contributed by atoms with Gasteiger partial charge in [-0.25, -0.2) is 14.8 Å². The number of likely N-dealkylation sites (tertiary alicyclic amines) is 2. The van der Waals surface area contributed by atoms with E-state index >= 15 is 0 Å². The van der Waals surface area contributed by atoms with E-state index in [1.54, 1.807) is 0 Å². The van der Waals surface area contributed by atoms with E-state index in [1.807, 2.05) is 66.4 Å². The molecule has 0 radical (unpaired) electrons. The van der Waals surface area contributed by atoms with Gasteiger partial charge in [-0.2, -0.15) is 0 Å². The summed E-state index contributed by atoms with van der Waals surface area (Å²) in [6.07, 6.45) is 7.77. The minimum atomic E-state index is -0.680. The maximum absolute atomic E-state index is 13.6. The fourth-order valence-electron chi connectivity index (χ4n) is 8.55. The van der Waals surface area contributed by atoms with Gasteiger partial charge in [0.05, 0.1) is 61.5 Å².